The molecule has 0 aliphatic heterocycles. The molecule has 0 unspecified atom stereocenters. The van der Waals surface area contributed by atoms with Gasteiger partial charge in [-0.1, -0.05) is 0 Å². The second-order valence-electron chi connectivity index (χ2n) is 3.80. The molecule has 0 aliphatic carbocycles. The van der Waals surface area contributed by atoms with Crippen LogP contribution in [-0.4, -0.2) is 26.5 Å². The number of hydrogen-bond donors (Lipinski definition) is 1. The summed E-state index contributed by atoms with van der Waals surface area (Å²) < 4.78 is 1.82. The number of aromatic nitrogens is 3. The van der Waals surface area contributed by atoms with Crippen molar-refractivity contribution < 1.29 is 4.92 Å². The molecule has 0 aliphatic rings. The van der Waals surface area contributed by atoms with Crippen LogP contribution in [0.3, 0.4) is 0 Å². The van der Waals surface area contributed by atoms with E-state index >= 15 is 0 Å². The summed E-state index contributed by atoms with van der Waals surface area (Å²) in [6.07, 6.45) is 3.78. The Hall–Kier alpha value is -2.44. The first-order chi connectivity index (χ1) is 8.61. The van der Waals surface area contributed by atoms with E-state index in [4.69, 9.17) is 0 Å². The molecule has 0 fully saturated rings. The fourth-order valence-corrected chi connectivity index (χ4v) is 1.65. The Labute approximate surface area is 104 Å². The molecule has 0 saturated carbocycles. The third-order valence-corrected chi connectivity index (χ3v) is 2.65. The third-order valence-electron chi connectivity index (χ3n) is 2.65. The molecular weight excluding hydrogens is 234 g/mol. The predicted octanol–water partition coefficient (Wildman–Crippen LogP) is 1.36. The van der Waals surface area contributed by atoms with Gasteiger partial charge in [0.25, 0.3) is 5.69 Å². The molecular formula is C11H13N5O2. The van der Waals surface area contributed by atoms with Crippen LogP contribution in [0.5, 0.6) is 0 Å². The zero-order chi connectivity index (χ0) is 13.1. The van der Waals surface area contributed by atoms with Crippen LogP contribution >= 0.6 is 0 Å². The summed E-state index contributed by atoms with van der Waals surface area (Å²) in [7, 11) is 3.56. The molecule has 18 heavy (non-hydrogen) atoms. The van der Waals surface area contributed by atoms with Crippen molar-refractivity contribution in [2.45, 2.75) is 6.42 Å². The minimum atomic E-state index is -0.426. The number of anilines is 1. The highest BCUT2D eigenvalue weighted by molar-refractivity contribution is 5.45. The third kappa shape index (κ3) is 2.29. The molecule has 7 heteroatoms. The maximum Gasteiger partial charge on any atom is 0.291 e. The normalized spacial score (nSPS) is 10.3. The highest BCUT2D eigenvalue weighted by atomic mass is 16.6. The van der Waals surface area contributed by atoms with Crippen LogP contribution in [0.2, 0.25) is 0 Å². The lowest BCUT2D eigenvalue weighted by Gasteiger charge is -2.05. The van der Waals surface area contributed by atoms with Crippen LogP contribution in [0, 0.1) is 10.1 Å². The van der Waals surface area contributed by atoms with E-state index in [2.05, 4.69) is 15.3 Å². The molecule has 0 saturated heterocycles. The van der Waals surface area contributed by atoms with Gasteiger partial charge in [0.15, 0.2) is 0 Å². The number of hydrogen-bond acceptors (Lipinski definition) is 5. The molecule has 7 nitrogen and oxygen atoms in total. The molecule has 1 N–H and O–H groups in total. The number of imidazole rings is 1. The van der Waals surface area contributed by atoms with E-state index < -0.39 is 4.92 Å². The van der Waals surface area contributed by atoms with Gasteiger partial charge in [0, 0.05) is 32.6 Å². The summed E-state index contributed by atoms with van der Waals surface area (Å²) >= 11 is 0. The van der Waals surface area contributed by atoms with Gasteiger partial charge in [0.2, 0.25) is 0 Å². The SMILES string of the molecule is CNc1ccc([N+](=O)[O-])c(Cc2nccn2C)n1. The van der Waals surface area contributed by atoms with Crippen LogP contribution in [-0.2, 0) is 13.5 Å². The first-order valence-corrected chi connectivity index (χ1v) is 5.40. The Bertz CT molecular complexity index is 579. The minimum absolute atomic E-state index is 0.0111. The Morgan fingerprint density at radius 1 is 1.50 bits per heavy atom. The van der Waals surface area contributed by atoms with E-state index in [-0.39, 0.29) is 5.69 Å². The molecule has 0 bridgehead atoms. The van der Waals surface area contributed by atoms with Gasteiger partial charge in [-0.2, -0.15) is 0 Å². The topological polar surface area (TPSA) is 85.9 Å². The van der Waals surface area contributed by atoms with Crippen LogP contribution in [0.15, 0.2) is 24.5 Å². The number of nitrogens with one attached hydrogen (secondary N) is 1. The van der Waals surface area contributed by atoms with E-state index in [9.17, 15) is 10.1 Å². The molecule has 2 heterocycles. The van der Waals surface area contributed by atoms with E-state index in [1.807, 2.05) is 11.6 Å². The Kier molecular flexibility index (Phi) is 3.22. The van der Waals surface area contributed by atoms with E-state index in [1.54, 1.807) is 25.5 Å². The highest BCUT2D eigenvalue weighted by Gasteiger charge is 2.17. The Balaban J connectivity index is 2.41. The second-order valence-corrected chi connectivity index (χ2v) is 3.80. The van der Waals surface area contributed by atoms with E-state index in [0.717, 1.165) is 5.82 Å². The number of rotatable bonds is 4. The van der Waals surface area contributed by atoms with Gasteiger partial charge in [-0.15, -0.1) is 0 Å². The maximum atomic E-state index is 11.0. The van der Waals surface area contributed by atoms with Crippen molar-refractivity contribution in [2.75, 3.05) is 12.4 Å². The van der Waals surface area contributed by atoms with Crippen LogP contribution in [0.1, 0.15) is 11.5 Å². The summed E-state index contributed by atoms with van der Waals surface area (Å²) in [6, 6.07) is 3.04. The van der Waals surface area contributed by atoms with Crippen LogP contribution in [0.4, 0.5) is 11.5 Å². The predicted molar refractivity (Wildman–Crippen MR) is 66.5 cm³/mol. The number of nitro groups is 1. The maximum absolute atomic E-state index is 11.0. The van der Waals surface area contributed by atoms with Gasteiger partial charge >= 0.3 is 0 Å². The molecule has 2 aromatic heterocycles. The summed E-state index contributed by atoms with van der Waals surface area (Å²) in [6.45, 7) is 0. The van der Waals surface area contributed by atoms with Gasteiger partial charge < -0.3 is 9.88 Å². The molecule has 0 atom stereocenters. The van der Waals surface area contributed by atoms with Crippen molar-refractivity contribution in [3.05, 3.63) is 46.2 Å². The lowest BCUT2D eigenvalue weighted by Crippen LogP contribution is -2.05. The molecule has 0 aromatic carbocycles. The van der Waals surface area contributed by atoms with Crippen molar-refractivity contribution in [1.82, 2.24) is 14.5 Å². The van der Waals surface area contributed by atoms with Crippen molar-refractivity contribution in [3.8, 4) is 0 Å². The molecule has 0 amide bonds. The summed E-state index contributed by atoms with van der Waals surface area (Å²) in [4.78, 5) is 18.9. The van der Waals surface area contributed by atoms with Crippen molar-refractivity contribution >= 4 is 11.5 Å². The average molecular weight is 247 g/mol. The van der Waals surface area contributed by atoms with Gasteiger partial charge in [0.1, 0.15) is 17.3 Å². The molecule has 0 spiro atoms. The molecule has 2 aromatic rings. The first kappa shape index (κ1) is 12.0. The molecule has 0 radical (unpaired) electrons. The Morgan fingerprint density at radius 3 is 2.83 bits per heavy atom. The fourth-order valence-electron chi connectivity index (χ4n) is 1.65. The molecule has 2 rings (SSSR count). The van der Waals surface area contributed by atoms with Crippen LogP contribution in [0.25, 0.3) is 0 Å². The van der Waals surface area contributed by atoms with Crippen LogP contribution < -0.4 is 5.32 Å². The van der Waals surface area contributed by atoms with Gasteiger partial charge in [-0.25, -0.2) is 9.97 Å². The largest absolute Gasteiger partial charge is 0.373 e. The standard InChI is InChI=1S/C11H13N5O2/c1-12-10-4-3-9(16(17)18)8(14-10)7-11-13-5-6-15(11)2/h3-6H,7H2,1-2H3,(H,12,14). The zero-order valence-electron chi connectivity index (χ0n) is 10.1. The smallest absolute Gasteiger partial charge is 0.291 e. The quantitative estimate of drug-likeness (QED) is 0.651. The summed E-state index contributed by atoms with van der Waals surface area (Å²) in [5.74, 6) is 1.34. The van der Waals surface area contributed by atoms with Crippen molar-refractivity contribution in [1.29, 1.82) is 0 Å². The number of pyridine rings is 1. The lowest BCUT2D eigenvalue weighted by atomic mass is 10.2. The average Bonchev–Trinajstić information content (AvgIpc) is 2.74. The number of aryl methyl sites for hydroxylation is 1. The van der Waals surface area contributed by atoms with Gasteiger partial charge in [-0.3, -0.25) is 10.1 Å². The zero-order valence-corrected chi connectivity index (χ0v) is 10.1. The van der Waals surface area contributed by atoms with E-state index in [1.165, 1.54) is 6.07 Å². The fraction of sp³-hybridized carbons (Fsp3) is 0.273. The minimum Gasteiger partial charge on any atom is -0.373 e. The van der Waals surface area contributed by atoms with E-state index in [0.29, 0.717) is 17.9 Å². The monoisotopic (exact) mass is 247 g/mol. The van der Waals surface area contributed by atoms with Gasteiger partial charge in [-0.05, 0) is 6.07 Å². The van der Waals surface area contributed by atoms with Crippen molar-refractivity contribution in [2.24, 2.45) is 7.05 Å². The second kappa shape index (κ2) is 4.82. The highest BCUT2D eigenvalue weighted by Crippen LogP contribution is 2.21. The summed E-state index contributed by atoms with van der Waals surface area (Å²) in [5, 5.41) is 13.8. The lowest BCUT2D eigenvalue weighted by molar-refractivity contribution is -0.385. The number of nitrogens with zero attached hydrogens (tertiary/aromatic N) is 4. The van der Waals surface area contributed by atoms with Crippen molar-refractivity contribution in [3.63, 3.8) is 0 Å². The molecule has 94 valence electrons. The van der Waals surface area contributed by atoms with Gasteiger partial charge in [0.05, 0.1) is 11.3 Å². The summed E-state index contributed by atoms with van der Waals surface area (Å²) in [5.41, 5.74) is 0.415. The Morgan fingerprint density at radius 2 is 2.28 bits per heavy atom. The first-order valence-electron chi connectivity index (χ1n) is 5.40.